The van der Waals surface area contributed by atoms with E-state index in [-0.39, 0.29) is 0 Å². The molecule has 2 heterocycles. The Labute approximate surface area is 106 Å². The van der Waals surface area contributed by atoms with Gasteiger partial charge in [-0.1, -0.05) is 11.6 Å². The standard InChI is InChI=1S/C11H16ClN3S/c1-7-8(2)11(14-13-10(7)12)15(3)9-4-5-16-6-9/h9H,4-6H2,1-3H3. The molecule has 1 fully saturated rings. The molecule has 0 spiro atoms. The fraction of sp³-hybridized carbons (Fsp3) is 0.636. The summed E-state index contributed by atoms with van der Waals surface area (Å²) in [4.78, 5) is 2.24. The highest BCUT2D eigenvalue weighted by Crippen LogP contribution is 2.28. The monoisotopic (exact) mass is 257 g/mol. The summed E-state index contributed by atoms with van der Waals surface area (Å²) >= 11 is 7.96. The maximum Gasteiger partial charge on any atom is 0.155 e. The van der Waals surface area contributed by atoms with Crippen molar-refractivity contribution < 1.29 is 0 Å². The zero-order chi connectivity index (χ0) is 11.7. The molecule has 1 atom stereocenters. The molecular formula is C11H16ClN3S. The molecule has 1 unspecified atom stereocenters. The summed E-state index contributed by atoms with van der Waals surface area (Å²) in [6.07, 6.45) is 1.23. The topological polar surface area (TPSA) is 29.0 Å². The quantitative estimate of drug-likeness (QED) is 0.815. The highest BCUT2D eigenvalue weighted by Gasteiger charge is 2.23. The summed E-state index contributed by atoms with van der Waals surface area (Å²) < 4.78 is 0. The SMILES string of the molecule is Cc1c(Cl)nnc(N(C)C2CCSC2)c1C. The van der Waals surface area contributed by atoms with Gasteiger partial charge in [-0.3, -0.25) is 0 Å². The molecule has 16 heavy (non-hydrogen) atoms. The molecule has 3 nitrogen and oxygen atoms in total. The van der Waals surface area contributed by atoms with Gasteiger partial charge in [-0.25, -0.2) is 0 Å². The third kappa shape index (κ3) is 2.13. The second-order valence-electron chi connectivity index (χ2n) is 4.19. The Morgan fingerprint density at radius 2 is 2.06 bits per heavy atom. The largest absolute Gasteiger partial charge is 0.354 e. The van der Waals surface area contributed by atoms with Crippen LogP contribution in [0.2, 0.25) is 5.15 Å². The molecule has 1 saturated heterocycles. The molecule has 0 amide bonds. The van der Waals surface area contributed by atoms with Gasteiger partial charge >= 0.3 is 0 Å². The molecule has 1 aromatic heterocycles. The van der Waals surface area contributed by atoms with Crippen molar-refractivity contribution in [3.05, 3.63) is 16.3 Å². The van der Waals surface area contributed by atoms with E-state index in [1.165, 1.54) is 17.9 Å². The van der Waals surface area contributed by atoms with Crippen LogP contribution in [0.4, 0.5) is 5.82 Å². The van der Waals surface area contributed by atoms with E-state index >= 15 is 0 Å². The van der Waals surface area contributed by atoms with Gasteiger partial charge in [-0.05, 0) is 37.1 Å². The van der Waals surface area contributed by atoms with Gasteiger partial charge in [-0.15, -0.1) is 10.2 Å². The van der Waals surface area contributed by atoms with E-state index in [2.05, 4.69) is 29.1 Å². The molecule has 1 aliphatic heterocycles. The van der Waals surface area contributed by atoms with E-state index < -0.39 is 0 Å². The maximum absolute atomic E-state index is 5.95. The Hall–Kier alpha value is -0.480. The summed E-state index contributed by atoms with van der Waals surface area (Å²) in [5.74, 6) is 3.39. The average molecular weight is 258 g/mol. The van der Waals surface area contributed by atoms with Crippen LogP contribution in [0, 0.1) is 13.8 Å². The molecule has 88 valence electrons. The second kappa shape index (κ2) is 4.80. The number of hydrogen-bond donors (Lipinski definition) is 0. The van der Waals surface area contributed by atoms with Crippen molar-refractivity contribution in [2.24, 2.45) is 0 Å². The summed E-state index contributed by atoms with van der Waals surface area (Å²) in [5.41, 5.74) is 2.17. The first-order valence-corrected chi connectivity index (χ1v) is 6.94. The molecule has 0 N–H and O–H groups in total. The molecule has 0 aliphatic carbocycles. The average Bonchev–Trinajstić information content (AvgIpc) is 2.79. The first-order chi connectivity index (χ1) is 7.61. The second-order valence-corrected chi connectivity index (χ2v) is 5.70. The molecule has 1 aliphatic rings. The minimum Gasteiger partial charge on any atom is -0.354 e. The van der Waals surface area contributed by atoms with E-state index in [9.17, 15) is 0 Å². The smallest absolute Gasteiger partial charge is 0.155 e. The minimum absolute atomic E-state index is 0.510. The summed E-state index contributed by atoms with van der Waals surface area (Å²) in [6, 6.07) is 0.582. The predicted molar refractivity (Wildman–Crippen MR) is 70.6 cm³/mol. The van der Waals surface area contributed by atoms with Gasteiger partial charge in [0, 0.05) is 18.8 Å². The van der Waals surface area contributed by atoms with Gasteiger partial charge in [0.05, 0.1) is 0 Å². The summed E-state index contributed by atoms with van der Waals surface area (Å²) in [6.45, 7) is 4.05. The van der Waals surface area contributed by atoms with Crippen LogP contribution in [-0.4, -0.2) is 34.8 Å². The first kappa shape index (κ1) is 12.0. The first-order valence-electron chi connectivity index (χ1n) is 5.41. The van der Waals surface area contributed by atoms with E-state index in [0.717, 1.165) is 16.9 Å². The highest BCUT2D eigenvalue weighted by atomic mass is 35.5. The third-order valence-corrected chi connectivity index (χ3v) is 4.73. The van der Waals surface area contributed by atoms with Gasteiger partial charge in [0.15, 0.2) is 11.0 Å². The molecule has 2 rings (SSSR count). The van der Waals surface area contributed by atoms with Crippen LogP contribution in [0.1, 0.15) is 17.5 Å². The van der Waals surface area contributed by atoms with Gasteiger partial charge in [0.2, 0.25) is 0 Å². The molecule has 5 heteroatoms. The van der Waals surface area contributed by atoms with Crippen molar-refractivity contribution in [1.82, 2.24) is 10.2 Å². The van der Waals surface area contributed by atoms with Crippen molar-refractivity contribution in [1.29, 1.82) is 0 Å². The van der Waals surface area contributed by atoms with Crippen LogP contribution in [-0.2, 0) is 0 Å². The molecular weight excluding hydrogens is 242 g/mol. The molecule has 0 aromatic carbocycles. The maximum atomic E-state index is 5.95. The summed E-state index contributed by atoms with van der Waals surface area (Å²) in [5, 5.41) is 8.73. The normalized spacial score (nSPS) is 20.1. The van der Waals surface area contributed by atoms with E-state index in [4.69, 9.17) is 11.6 Å². The Morgan fingerprint density at radius 1 is 1.31 bits per heavy atom. The summed E-state index contributed by atoms with van der Waals surface area (Å²) in [7, 11) is 2.10. The van der Waals surface area contributed by atoms with Crippen molar-refractivity contribution in [3.63, 3.8) is 0 Å². The zero-order valence-corrected chi connectivity index (χ0v) is 11.4. The fourth-order valence-electron chi connectivity index (χ4n) is 1.90. The molecule has 0 radical (unpaired) electrons. The Morgan fingerprint density at radius 3 is 2.69 bits per heavy atom. The number of thioether (sulfide) groups is 1. The molecule has 0 saturated carbocycles. The third-order valence-electron chi connectivity index (χ3n) is 3.23. The van der Waals surface area contributed by atoms with Crippen LogP contribution >= 0.6 is 23.4 Å². The van der Waals surface area contributed by atoms with Crippen LogP contribution in [0.15, 0.2) is 0 Å². The number of nitrogens with zero attached hydrogens (tertiary/aromatic N) is 3. The van der Waals surface area contributed by atoms with Gasteiger partial charge in [-0.2, -0.15) is 11.8 Å². The van der Waals surface area contributed by atoms with E-state index in [1.54, 1.807) is 0 Å². The van der Waals surface area contributed by atoms with E-state index in [1.807, 2.05) is 18.7 Å². The van der Waals surface area contributed by atoms with Crippen LogP contribution < -0.4 is 4.90 Å². The van der Waals surface area contributed by atoms with Gasteiger partial charge in [0.1, 0.15) is 0 Å². The lowest BCUT2D eigenvalue weighted by atomic mass is 10.1. The Balaban J connectivity index is 2.29. The van der Waals surface area contributed by atoms with Crippen molar-refractivity contribution in [2.75, 3.05) is 23.5 Å². The molecule has 1 aromatic rings. The highest BCUT2D eigenvalue weighted by molar-refractivity contribution is 7.99. The lowest BCUT2D eigenvalue weighted by Crippen LogP contribution is -2.33. The van der Waals surface area contributed by atoms with Crippen molar-refractivity contribution in [3.8, 4) is 0 Å². The number of anilines is 1. The van der Waals surface area contributed by atoms with E-state index in [0.29, 0.717) is 11.2 Å². The van der Waals surface area contributed by atoms with Gasteiger partial charge in [0.25, 0.3) is 0 Å². The lowest BCUT2D eigenvalue weighted by Gasteiger charge is -2.26. The zero-order valence-electron chi connectivity index (χ0n) is 9.83. The van der Waals surface area contributed by atoms with Crippen molar-refractivity contribution in [2.45, 2.75) is 26.3 Å². The Kier molecular flexibility index (Phi) is 3.60. The number of halogens is 1. The van der Waals surface area contributed by atoms with Crippen molar-refractivity contribution >= 4 is 29.2 Å². The Bertz CT molecular complexity index is 391. The predicted octanol–water partition coefficient (Wildman–Crippen LogP) is 2.69. The van der Waals surface area contributed by atoms with Crippen LogP contribution in [0.5, 0.6) is 0 Å². The van der Waals surface area contributed by atoms with Gasteiger partial charge < -0.3 is 4.90 Å². The van der Waals surface area contributed by atoms with Crippen LogP contribution in [0.3, 0.4) is 0 Å². The number of rotatable bonds is 2. The lowest BCUT2D eigenvalue weighted by molar-refractivity contribution is 0.682. The number of hydrogen-bond acceptors (Lipinski definition) is 4. The van der Waals surface area contributed by atoms with Crippen LogP contribution in [0.25, 0.3) is 0 Å². The minimum atomic E-state index is 0.510. The fourth-order valence-corrected chi connectivity index (χ4v) is 3.35. The molecule has 0 bridgehead atoms. The number of aromatic nitrogens is 2.